The van der Waals surface area contributed by atoms with Crippen molar-refractivity contribution in [2.24, 2.45) is 11.8 Å². The van der Waals surface area contributed by atoms with Crippen molar-refractivity contribution in [3.05, 3.63) is 60.2 Å². The van der Waals surface area contributed by atoms with Crippen LogP contribution in [0.3, 0.4) is 0 Å². The minimum absolute atomic E-state index is 0.151. The summed E-state index contributed by atoms with van der Waals surface area (Å²) >= 11 is 0. The zero-order valence-electron chi connectivity index (χ0n) is 39.0. The van der Waals surface area contributed by atoms with Crippen LogP contribution in [0.15, 0.2) is 48.5 Å². The van der Waals surface area contributed by atoms with Gasteiger partial charge in [-0.3, -0.25) is 9.59 Å². The van der Waals surface area contributed by atoms with Crippen molar-refractivity contribution in [3.63, 3.8) is 0 Å². The molecular weight excluding hydrogens is 849 g/mol. The lowest BCUT2D eigenvalue weighted by Crippen LogP contribution is -2.51. The number of hydrogen-bond acceptors (Lipinski definition) is 12. The number of ether oxygens (including phenoxy) is 6. The number of methoxy groups -OCH3 is 4. The number of benzene rings is 3. The van der Waals surface area contributed by atoms with Crippen LogP contribution < -0.4 is 20.1 Å². The molecule has 4 N–H and O–H groups in total. The molecule has 66 heavy (non-hydrogen) atoms. The number of aromatic amines is 2. The minimum atomic E-state index is -0.741. The van der Waals surface area contributed by atoms with Crippen molar-refractivity contribution in [1.82, 2.24) is 40.4 Å². The first-order valence-electron chi connectivity index (χ1n) is 22.6. The molecule has 18 nitrogen and oxygen atoms in total. The highest BCUT2D eigenvalue weighted by atomic mass is 16.6. The van der Waals surface area contributed by atoms with Crippen LogP contribution in [-0.2, 0) is 28.5 Å². The van der Waals surface area contributed by atoms with Crippen LogP contribution in [0.25, 0.3) is 44.3 Å². The highest BCUT2D eigenvalue weighted by Crippen LogP contribution is 2.46. The van der Waals surface area contributed by atoms with Crippen molar-refractivity contribution in [3.8, 4) is 33.8 Å². The minimum Gasteiger partial charge on any atom is -0.487 e. The van der Waals surface area contributed by atoms with Gasteiger partial charge in [-0.1, -0.05) is 39.8 Å². The van der Waals surface area contributed by atoms with Crippen molar-refractivity contribution < 1.29 is 47.6 Å². The average Bonchev–Trinajstić information content (AvgIpc) is 4.15. The van der Waals surface area contributed by atoms with Crippen LogP contribution in [0.4, 0.5) is 9.59 Å². The molecule has 0 spiro atoms. The third kappa shape index (κ3) is 10.2. The Labute approximate surface area is 384 Å². The van der Waals surface area contributed by atoms with Gasteiger partial charge in [0.15, 0.2) is 11.5 Å². The van der Waals surface area contributed by atoms with Crippen molar-refractivity contribution in [1.29, 1.82) is 0 Å². The standard InChI is InChI=1S/C48H62N8O10/c1-27(2)39(53-47(59)63-7)45(57)55-19-9-11-37(55)43-49-33-17-13-29(25-35(33)51-43)31-15-16-32(42(66-24-22-62-6)41(31)65-23-21-61-5)30-14-18-34-36(26-30)52-44(50-34)38-12-10-20-56(38)46(58)40(28(3)4)54-48(60)64-8/h13-18,25-28,37-40H,9-12,19-24H2,1-8H3,(H,49,51)(H,50,52)(H,53,59)(H,54,60)/t37-,38-,39-,40?/m0/s1. The highest BCUT2D eigenvalue weighted by Gasteiger charge is 2.39. The van der Waals surface area contributed by atoms with Crippen molar-refractivity contribution in [2.75, 3.05) is 68.0 Å². The van der Waals surface area contributed by atoms with E-state index in [0.29, 0.717) is 49.5 Å². The Bertz CT molecular complexity index is 2350. The van der Waals surface area contributed by atoms with Gasteiger partial charge in [0.1, 0.15) is 36.9 Å². The molecular formula is C48H62N8O10. The van der Waals surface area contributed by atoms with E-state index in [2.05, 4.69) is 20.6 Å². The van der Waals surface area contributed by atoms with Gasteiger partial charge in [0, 0.05) is 38.4 Å². The maximum atomic E-state index is 13.8. The molecule has 4 heterocycles. The van der Waals surface area contributed by atoms with E-state index in [4.69, 9.17) is 38.4 Å². The topological polar surface area (TPSA) is 212 Å². The summed E-state index contributed by atoms with van der Waals surface area (Å²) in [7, 11) is 5.80. The number of likely N-dealkylation sites (tertiary alicyclic amines) is 2. The summed E-state index contributed by atoms with van der Waals surface area (Å²) in [6.45, 7) is 9.84. The number of hydrogen-bond donors (Lipinski definition) is 4. The highest BCUT2D eigenvalue weighted by molar-refractivity contribution is 5.91. The molecule has 0 bridgehead atoms. The van der Waals surface area contributed by atoms with E-state index in [1.807, 2.05) is 76.2 Å². The molecule has 2 fully saturated rings. The Morgan fingerprint density at radius 3 is 1.39 bits per heavy atom. The predicted molar refractivity (Wildman–Crippen MR) is 247 cm³/mol. The summed E-state index contributed by atoms with van der Waals surface area (Å²) in [5.74, 6) is 1.73. The molecule has 2 saturated heterocycles. The Balaban J connectivity index is 1.22. The fourth-order valence-corrected chi connectivity index (χ4v) is 8.85. The smallest absolute Gasteiger partial charge is 0.407 e. The fraction of sp³-hybridized carbons (Fsp3) is 0.500. The van der Waals surface area contributed by atoms with E-state index in [0.717, 1.165) is 70.0 Å². The first kappa shape index (κ1) is 47.6. The number of carbonyl (C=O) groups excluding carboxylic acids is 4. The monoisotopic (exact) mass is 910 g/mol. The number of carbonyl (C=O) groups is 4. The predicted octanol–water partition coefficient (Wildman–Crippen LogP) is 6.91. The SMILES string of the molecule is COCCOc1c(-c2ccc3nc([C@@H]4CCCN4C(=O)C(NC(=O)OC)C(C)C)[nH]c3c2)ccc(-c2ccc3nc([C@@H]4CCCN4C(=O)[C@@H](NC(=O)OC)C(C)C)[nH]c3c2)c1OCCOC. The van der Waals surface area contributed by atoms with Gasteiger partial charge in [-0.05, 0) is 85.0 Å². The Hall–Kier alpha value is -6.40. The number of amides is 4. The lowest BCUT2D eigenvalue weighted by molar-refractivity contribution is -0.136. The molecule has 0 radical (unpaired) electrons. The van der Waals surface area contributed by atoms with E-state index in [1.165, 1.54) is 14.2 Å². The van der Waals surface area contributed by atoms with Crippen molar-refractivity contribution in [2.45, 2.75) is 77.5 Å². The fourth-order valence-electron chi connectivity index (χ4n) is 8.85. The van der Waals surface area contributed by atoms with Crippen molar-refractivity contribution >= 4 is 46.1 Å². The van der Waals surface area contributed by atoms with E-state index >= 15 is 0 Å². The van der Waals surface area contributed by atoms with Gasteiger partial charge in [0.05, 0.1) is 61.6 Å². The summed E-state index contributed by atoms with van der Waals surface area (Å²) in [4.78, 5) is 72.5. The first-order valence-corrected chi connectivity index (χ1v) is 22.6. The van der Waals surface area contributed by atoms with Gasteiger partial charge < -0.3 is 58.8 Å². The number of alkyl carbamates (subject to hydrolysis) is 2. The Morgan fingerprint density at radius 1 is 0.621 bits per heavy atom. The second-order valence-electron chi connectivity index (χ2n) is 17.3. The second-order valence-corrected chi connectivity index (χ2v) is 17.3. The molecule has 2 aliphatic heterocycles. The first-order chi connectivity index (χ1) is 31.9. The summed E-state index contributed by atoms with van der Waals surface area (Å²) in [6, 6.07) is 13.8. The zero-order valence-corrected chi connectivity index (χ0v) is 39.0. The molecule has 18 heteroatoms. The number of fused-ring (bicyclic) bond motifs is 2. The molecule has 3 aromatic carbocycles. The number of aromatic nitrogens is 4. The third-order valence-electron chi connectivity index (χ3n) is 12.3. The lowest BCUT2D eigenvalue weighted by Gasteiger charge is -2.29. The van der Waals surface area contributed by atoms with Gasteiger partial charge in [-0.25, -0.2) is 19.6 Å². The normalized spacial score (nSPS) is 17.1. The van der Waals surface area contributed by atoms with E-state index < -0.39 is 24.3 Å². The summed E-state index contributed by atoms with van der Waals surface area (Å²) in [6.07, 6.45) is 1.75. The number of nitrogens with one attached hydrogen (secondary N) is 4. The largest absolute Gasteiger partial charge is 0.487 e. The van der Waals surface area contributed by atoms with Gasteiger partial charge in [0.2, 0.25) is 11.8 Å². The van der Waals surface area contributed by atoms with Crippen LogP contribution in [0.5, 0.6) is 11.5 Å². The molecule has 2 aromatic heterocycles. The summed E-state index contributed by atoms with van der Waals surface area (Å²) in [5, 5.41) is 5.42. The average molecular weight is 911 g/mol. The second kappa shape index (κ2) is 21.3. The van der Waals surface area contributed by atoms with Gasteiger partial charge in [-0.15, -0.1) is 0 Å². The van der Waals surface area contributed by atoms with Crippen LogP contribution >= 0.6 is 0 Å². The summed E-state index contributed by atoms with van der Waals surface area (Å²) < 4.78 is 33.5. The third-order valence-corrected chi connectivity index (χ3v) is 12.3. The molecule has 0 saturated carbocycles. The van der Waals surface area contributed by atoms with Gasteiger partial charge in [-0.2, -0.15) is 0 Å². The van der Waals surface area contributed by atoms with E-state index in [1.54, 1.807) is 24.0 Å². The van der Waals surface area contributed by atoms with Gasteiger partial charge in [0.25, 0.3) is 0 Å². The lowest BCUT2D eigenvalue weighted by atomic mass is 9.97. The molecule has 354 valence electrons. The molecule has 7 rings (SSSR count). The van der Waals surface area contributed by atoms with Crippen LogP contribution in [-0.4, -0.2) is 134 Å². The quantitative estimate of drug-likeness (QED) is 0.0661. The maximum Gasteiger partial charge on any atom is 0.407 e. The summed E-state index contributed by atoms with van der Waals surface area (Å²) in [5.41, 5.74) is 6.31. The Morgan fingerprint density at radius 2 is 1.03 bits per heavy atom. The molecule has 4 atom stereocenters. The number of rotatable bonds is 18. The number of imidazole rings is 2. The number of nitrogens with zero attached hydrogens (tertiary/aromatic N) is 4. The van der Waals surface area contributed by atoms with Crippen LogP contribution in [0.2, 0.25) is 0 Å². The van der Waals surface area contributed by atoms with Crippen LogP contribution in [0, 0.1) is 11.8 Å². The van der Waals surface area contributed by atoms with E-state index in [9.17, 15) is 19.2 Å². The van der Waals surface area contributed by atoms with Crippen LogP contribution in [0.1, 0.15) is 77.1 Å². The van der Waals surface area contributed by atoms with Gasteiger partial charge >= 0.3 is 12.2 Å². The molecule has 4 amide bonds. The van der Waals surface area contributed by atoms with E-state index in [-0.39, 0.29) is 48.9 Å². The maximum absolute atomic E-state index is 13.8. The molecule has 2 aliphatic rings. The molecule has 5 aromatic rings. The number of H-pyrrole nitrogens is 2. The molecule has 0 aliphatic carbocycles. The zero-order chi connectivity index (χ0) is 47.1. The Kier molecular flexibility index (Phi) is 15.3. The molecule has 1 unspecified atom stereocenters.